The van der Waals surface area contributed by atoms with E-state index in [-0.39, 0.29) is 11.9 Å². The SMILES string of the molecule is CCCC1CCCCN1CCC(NC)c1ccccc1F. The third-order valence-electron chi connectivity index (χ3n) is 4.71. The Hall–Kier alpha value is -0.930. The maximum atomic E-state index is 13.9. The summed E-state index contributed by atoms with van der Waals surface area (Å²) in [5.74, 6) is -0.0967. The molecule has 1 N–H and O–H groups in total. The van der Waals surface area contributed by atoms with Gasteiger partial charge in [0, 0.05) is 24.2 Å². The van der Waals surface area contributed by atoms with Crippen LogP contribution in [-0.4, -0.2) is 31.1 Å². The van der Waals surface area contributed by atoms with Crippen LogP contribution in [0.25, 0.3) is 0 Å². The van der Waals surface area contributed by atoms with Crippen molar-refractivity contribution >= 4 is 0 Å². The van der Waals surface area contributed by atoms with Crippen LogP contribution in [0.2, 0.25) is 0 Å². The number of hydrogen-bond donors (Lipinski definition) is 1. The second-order valence-corrected chi connectivity index (χ2v) is 6.13. The van der Waals surface area contributed by atoms with E-state index in [4.69, 9.17) is 0 Å². The maximum absolute atomic E-state index is 13.9. The summed E-state index contributed by atoms with van der Waals surface area (Å²) in [5, 5.41) is 3.28. The number of nitrogens with zero attached hydrogens (tertiary/aromatic N) is 1. The molecule has 0 saturated carbocycles. The maximum Gasteiger partial charge on any atom is 0.127 e. The van der Waals surface area contributed by atoms with Crippen LogP contribution in [0.3, 0.4) is 0 Å². The highest BCUT2D eigenvalue weighted by molar-refractivity contribution is 5.21. The molecule has 1 aromatic rings. The minimum absolute atomic E-state index is 0.0967. The Kier molecular flexibility index (Phi) is 6.65. The number of rotatable bonds is 7. The molecule has 1 aliphatic heterocycles. The van der Waals surface area contributed by atoms with Crippen LogP contribution in [0, 0.1) is 5.82 Å². The fourth-order valence-electron chi connectivity index (χ4n) is 3.52. The number of piperidine rings is 1. The first-order valence-electron chi connectivity index (χ1n) is 8.42. The summed E-state index contributed by atoms with van der Waals surface area (Å²) in [7, 11) is 1.93. The predicted octanol–water partition coefficient (Wildman–Crippen LogP) is 4.13. The van der Waals surface area contributed by atoms with Crippen LogP contribution >= 0.6 is 0 Å². The van der Waals surface area contributed by atoms with Gasteiger partial charge in [0.05, 0.1) is 0 Å². The molecule has 1 fully saturated rings. The molecule has 2 unspecified atom stereocenters. The minimum Gasteiger partial charge on any atom is -0.313 e. The molecule has 118 valence electrons. The molecule has 2 atom stereocenters. The van der Waals surface area contributed by atoms with E-state index in [2.05, 4.69) is 17.1 Å². The fourth-order valence-corrected chi connectivity index (χ4v) is 3.52. The summed E-state index contributed by atoms with van der Waals surface area (Å²) in [5.41, 5.74) is 0.795. The van der Waals surface area contributed by atoms with E-state index in [1.54, 1.807) is 12.1 Å². The summed E-state index contributed by atoms with van der Waals surface area (Å²) in [6.45, 7) is 4.53. The quantitative estimate of drug-likeness (QED) is 0.813. The summed E-state index contributed by atoms with van der Waals surface area (Å²) in [6.07, 6.45) is 7.53. The average Bonchev–Trinajstić information content (AvgIpc) is 2.51. The van der Waals surface area contributed by atoms with Gasteiger partial charge in [-0.2, -0.15) is 0 Å². The molecule has 0 aromatic heterocycles. The zero-order valence-corrected chi connectivity index (χ0v) is 13.4. The second kappa shape index (κ2) is 8.50. The Labute approximate surface area is 128 Å². The van der Waals surface area contributed by atoms with Crippen molar-refractivity contribution in [3.8, 4) is 0 Å². The zero-order valence-electron chi connectivity index (χ0n) is 13.4. The van der Waals surface area contributed by atoms with Gasteiger partial charge < -0.3 is 10.2 Å². The molecule has 0 bridgehead atoms. The van der Waals surface area contributed by atoms with Crippen molar-refractivity contribution in [1.82, 2.24) is 10.2 Å². The summed E-state index contributed by atoms with van der Waals surface area (Å²) >= 11 is 0. The van der Waals surface area contributed by atoms with Crippen LogP contribution in [0.1, 0.15) is 57.1 Å². The van der Waals surface area contributed by atoms with Gasteiger partial charge in [-0.3, -0.25) is 0 Å². The van der Waals surface area contributed by atoms with Gasteiger partial charge in [0.2, 0.25) is 0 Å². The zero-order chi connectivity index (χ0) is 15.1. The van der Waals surface area contributed by atoms with Crippen LogP contribution < -0.4 is 5.32 Å². The molecule has 3 heteroatoms. The summed E-state index contributed by atoms with van der Waals surface area (Å²) in [4.78, 5) is 2.62. The third-order valence-corrected chi connectivity index (χ3v) is 4.71. The molecular weight excluding hydrogens is 263 g/mol. The van der Waals surface area contributed by atoms with Crippen molar-refractivity contribution in [2.45, 2.75) is 57.5 Å². The van der Waals surface area contributed by atoms with Crippen LogP contribution in [0.15, 0.2) is 24.3 Å². The number of hydrogen-bond acceptors (Lipinski definition) is 2. The van der Waals surface area contributed by atoms with E-state index >= 15 is 0 Å². The minimum atomic E-state index is -0.0967. The van der Waals surface area contributed by atoms with Crippen molar-refractivity contribution in [1.29, 1.82) is 0 Å². The number of likely N-dealkylation sites (tertiary alicyclic amines) is 1. The number of halogens is 1. The Balaban J connectivity index is 1.94. The largest absolute Gasteiger partial charge is 0.313 e. The van der Waals surface area contributed by atoms with Gasteiger partial charge in [0.1, 0.15) is 5.82 Å². The van der Waals surface area contributed by atoms with E-state index < -0.39 is 0 Å². The standard InChI is InChI=1S/C18H29FN2/c1-3-8-15-9-6-7-13-21(15)14-12-18(20-2)16-10-4-5-11-17(16)19/h4-5,10-11,15,18,20H,3,6-9,12-14H2,1-2H3. The Bertz CT molecular complexity index is 419. The molecule has 1 saturated heterocycles. The second-order valence-electron chi connectivity index (χ2n) is 6.13. The monoisotopic (exact) mass is 292 g/mol. The first-order valence-corrected chi connectivity index (χ1v) is 8.42. The molecular formula is C18H29FN2. The molecule has 0 radical (unpaired) electrons. The number of benzene rings is 1. The molecule has 0 spiro atoms. The van der Waals surface area contributed by atoms with Gasteiger partial charge in [0.15, 0.2) is 0 Å². The van der Waals surface area contributed by atoms with Gasteiger partial charge in [-0.15, -0.1) is 0 Å². The molecule has 1 heterocycles. The first kappa shape index (κ1) is 16.4. The molecule has 2 nitrogen and oxygen atoms in total. The summed E-state index contributed by atoms with van der Waals surface area (Å²) in [6, 6.07) is 7.98. The Morgan fingerprint density at radius 3 is 2.86 bits per heavy atom. The lowest BCUT2D eigenvalue weighted by atomic mass is 9.96. The molecule has 21 heavy (non-hydrogen) atoms. The van der Waals surface area contributed by atoms with Gasteiger partial charge in [-0.05, 0) is 45.3 Å². The van der Waals surface area contributed by atoms with E-state index in [1.165, 1.54) is 38.6 Å². The van der Waals surface area contributed by atoms with Crippen LogP contribution in [0.4, 0.5) is 4.39 Å². The number of nitrogens with one attached hydrogen (secondary N) is 1. The normalized spacial score (nSPS) is 21.4. The molecule has 1 aromatic carbocycles. The lowest BCUT2D eigenvalue weighted by molar-refractivity contribution is 0.133. The van der Waals surface area contributed by atoms with Crippen molar-refractivity contribution in [3.63, 3.8) is 0 Å². The lowest BCUT2D eigenvalue weighted by Crippen LogP contribution is -2.41. The molecule has 0 aliphatic carbocycles. The van der Waals surface area contributed by atoms with Crippen LogP contribution in [-0.2, 0) is 0 Å². The van der Waals surface area contributed by atoms with E-state index in [1.807, 2.05) is 19.2 Å². The highest BCUT2D eigenvalue weighted by atomic mass is 19.1. The topological polar surface area (TPSA) is 15.3 Å². The Morgan fingerprint density at radius 1 is 1.33 bits per heavy atom. The van der Waals surface area contributed by atoms with Crippen molar-refractivity contribution in [2.75, 3.05) is 20.1 Å². The molecule has 0 amide bonds. The smallest absolute Gasteiger partial charge is 0.127 e. The average molecular weight is 292 g/mol. The van der Waals surface area contributed by atoms with E-state index in [9.17, 15) is 4.39 Å². The van der Waals surface area contributed by atoms with Gasteiger partial charge in [-0.25, -0.2) is 4.39 Å². The van der Waals surface area contributed by atoms with Gasteiger partial charge >= 0.3 is 0 Å². The summed E-state index contributed by atoms with van der Waals surface area (Å²) < 4.78 is 13.9. The third kappa shape index (κ3) is 4.52. The first-order chi connectivity index (χ1) is 10.3. The van der Waals surface area contributed by atoms with Crippen molar-refractivity contribution in [3.05, 3.63) is 35.6 Å². The van der Waals surface area contributed by atoms with E-state index in [0.29, 0.717) is 0 Å². The van der Waals surface area contributed by atoms with Crippen molar-refractivity contribution < 1.29 is 4.39 Å². The highest BCUT2D eigenvalue weighted by Crippen LogP contribution is 2.24. The van der Waals surface area contributed by atoms with Gasteiger partial charge in [0.25, 0.3) is 0 Å². The fraction of sp³-hybridized carbons (Fsp3) is 0.667. The van der Waals surface area contributed by atoms with E-state index in [0.717, 1.165) is 24.6 Å². The molecule has 2 rings (SSSR count). The van der Waals surface area contributed by atoms with Crippen molar-refractivity contribution in [2.24, 2.45) is 0 Å². The lowest BCUT2D eigenvalue weighted by Gasteiger charge is -2.36. The molecule has 1 aliphatic rings. The van der Waals surface area contributed by atoms with Gasteiger partial charge in [-0.1, -0.05) is 38.0 Å². The Morgan fingerprint density at radius 2 is 2.14 bits per heavy atom. The highest BCUT2D eigenvalue weighted by Gasteiger charge is 2.23. The van der Waals surface area contributed by atoms with Crippen LogP contribution in [0.5, 0.6) is 0 Å². The predicted molar refractivity (Wildman–Crippen MR) is 86.9 cm³/mol.